The summed E-state index contributed by atoms with van der Waals surface area (Å²) in [5.74, 6) is 0.316. The van der Waals surface area contributed by atoms with Crippen molar-refractivity contribution in [3.05, 3.63) is 23.8 Å². The molecule has 0 spiro atoms. The van der Waals surface area contributed by atoms with Gasteiger partial charge in [0, 0.05) is 18.8 Å². The minimum absolute atomic E-state index is 0.0737. The highest BCUT2D eigenvalue weighted by atomic mass is 16.3. The molecule has 2 nitrogen and oxygen atoms in total. The predicted molar refractivity (Wildman–Crippen MR) is 56.4 cm³/mol. The summed E-state index contributed by atoms with van der Waals surface area (Å²) in [7, 11) is 1.85. The normalized spacial score (nSPS) is 11.4. The third kappa shape index (κ3) is 2.38. The largest absolute Gasteiger partial charge is 0.508 e. The van der Waals surface area contributed by atoms with Crippen LogP contribution < -0.4 is 5.32 Å². The molecule has 0 fully saturated rings. The van der Waals surface area contributed by atoms with E-state index < -0.39 is 0 Å². The first kappa shape index (κ1) is 9.90. The van der Waals surface area contributed by atoms with Crippen LogP contribution in [0.25, 0.3) is 0 Å². The Morgan fingerprint density at radius 3 is 2.23 bits per heavy atom. The molecular weight excluding hydrogens is 162 g/mol. The van der Waals surface area contributed by atoms with Crippen LogP contribution in [0.2, 0.25) is 0 Å². The highest BCUT2D eigenvalue weighted by molar-refractivity contribution is 5.51. The lowest BCUT2D eigenvalue weighted by Crippen LogP contribution is -2.11. The van der Waals surface area contributed by atoms with Crippen molar-refractivity contribution in [2.45, 2.75) is 26.2 Å². The van der Waals surface area contributed by atoms with Crippen molar-refractivity contribution in [2.24, 2.45) is 0 Å². The lowest BCUT2D eigenvalue weighted by molar-refractivity contribution is 0.471. The highest BCUT2D eigenvalue weighted by Gasteiger charge is 2.14. The summed E-state index contributed by atoms with van der Waals surface area (Å²) in [6.07, 6.45) is 0. The van der Waals surface area contributed by atoms with E-state index in [1.165, 1.54) is 0 Å². The molecule has 0 atom stereocenters. The van der Waals surface area contributed by atoms with E-state index in [2.05, 4.69) is 32.2 Å². The fraction of sp³-hybridized carbons (Fsp3) is 0.455. The third-order valence-electron chi connectivity index (χ3n) is 2.07. The van der Waals surface area contributed by atoms with Gasteiger partial charge in [-0.25, -0.2) is 0 Å². The van der Waals surface area contributed by atoms with Gasteiger partial charge in [0.05, 0.1) is 0 Å². The lowest BCUT2D eigenvalue weighted by atomic mass is 9.87. The van der Waals surface area contributed by atoms with Crippen LogP contribution in [0.15, 0.2) is 18.2 Å². The molecule has 0 saturated carbocycles. The average molecular weight is 179 g/mol. The molecule has 0 amide bonds. The highest BCUT2D eigenvalue weighted by Crippen LogP contribution is 2.28. The van der Waals surface area contributed by atoms with E-state index in [9.17, 15) is 5.11 Å². The van der Waals surface area contributed by atoms with Crippen molar-refractivity contribution in [3.63, 3.8) is 0 Å². The van der Waals surface area contributed by atoms with Gasteiger partial charge in [-0.15, -0.1) is 0 Å². The van der Waals surface area contributed by atoms with Gasteiger partial charge in [-0.05, 0) is 23.1 Å². The van der Waals surface area contributed by atoms with Gasteiger partial charge in [-0.1, -0.05) is 20.8 Å². The number of anilines is 1. The monoisotopic (exact) mass is 179 g/mol. The van der Waals surface area contributed by atoms with E-state index in [0.29, 0.717) is 5.75 Å². The maximum absolute atomic E-state index is 9.45. The summed E-state index contributed by atoms with van der Waals surface area (Å²) in [5.41, 5.74) is 2.16. The topological polar surface area (TPSA) is 32.3 Å². The van der Waals surface area contributed by atoms with Crippen LogP contribution >= 0.6 is 0 Å². The second kappa shape index (κ2) is 3.29. The molecule has 0 radical (unpaired) electrons. The van der Waals surface area contributed by atoms with Gasteiger partial charge in [-0.3, -0.25) is 0 Å². The first-order valence-electron chi connectivity index (χ1n) is 4.46. The molecule has 0 saturated heterocycles. The first-order chi connectivity index (χ1) is 5.93. The minimum Gasteiger partial charge on any atom is -0.508 e. The summed E-state index contributed by atoms with van der Waals surface area (Å²) in [6, 6.07) is 5.58. The molecule has 1 aromatic rings. The number of aromatic hydroxyl groups is 1. The minimum atomic E-state index is 0.0737. The van der Waals surface area contributed by atoms with Gasteiger partial charge < -0.3 is 10.4 Å². The quantitative estimate of drug-likeness (QED) is 0.694. The maximum atomic E-state index is 9.45. The van der Waals surface area contributed by atoms with E-state index >= 15 is 0 Å². The van der Waals surface area contributed by atoms with Crippen LogP contribution in [0.3, 0.4) is 0 Å². The zero-order valence-electron chi connectivity index (χ0n) is 8.68. The Hall–Kier alpha value is -1.18. The smallest absolute Gasteiger partial charge is 0.117 e. The Balaban J connectivity index is 3.16. The molecule has 0 aliphatic heterocycles. The van der Waals surface area contributed by atoms with Gasteiger partial charge in [-0.2, -0.15) is 0 Å². The van der Waals surface area contributed by atoms with Crippen LogP contribution in [0.5, 0.6) is 5.75 Å². The molecule has 0 aliphatic carbocycles. The predicted octanol–water partition coefficient (Wildman–Crippen LogP) is 2.73. The molecule has 1 aromatic carbocycles. The zero-order chi connectivity index (χ0) is 10.1. The van der Waals surface area contributed by atoms with Crippen LogP contribution in [-0.2, 0) is 5.41 Å². The molecule has 72 valence electrons. The molecule has 2 heteroatoms. The first-order valence-corrected chi connectivity index (χ1v) is 4.46. The van der Waals surface area contributed by atoms with Crippen LogP contribution in [-0.4, -0.2) is 12.2 Å². The van der Waals surface area contributed by atoms with Crippen LogP contribution in [0.1, 0.15) is 26.3 Å². The zero-order valence-corrected chi connectivity index (χ0v) is 8.68. The SMILES string of the molecule is CNc1cc(O)cc(C(C)(C)C)c1. The molecule has 0 bridgehead atoms. The molecule has 0 aromatic heterocycles. The Morgan fingerprint density at radius 1 is 1.15 bits per heavy atom. The molecular formula is C11H17NO. The van der Waals surface area contributed by atoms with E-state index in [1.54, 1.807) is 12.1 Å². The Bertz CT molecular complexity index is 299. The third-order valence-corrected chi connectivity index (χ3v) is 2.07. The van der Waals surface area contributed by atoms with Crippen molar-refractivity contribution >= 4 is 5.69 Å². The lowest BCUT2D eigenvalue weighted by Gasteiger charge is -2.20. The number of phenols is 1. The molecule has 0 heterocycles. The van der Waals surface area contributed by atoms with Gasteiger partial charge >= 0.3 is 0 Å². The van der Waals surface area contributed by atoms with Crippen molar-refractivity contribution in [1.29, 1.82) is 0 Å². The van der Waals surface area contributed by atoms with Crippen molar-refractivity contribution in [2.75, 3.05) is 12.4 Å². The van der Waals surface area contributed by atoms with E-state index in [-0.39, 0.29) is 5.41 Å². The summed E-state index contributed by atoms with van der Waals surface area (Å²) < 4.78 is 0. The number of hydrogen-bond acceptors (Lipinski definition) is 2. The Kier molecular flexibility index (Phi) is 2.50. The number of phenolic OH excluding ortho intramolecular Hbond substituents is 1. The molecule has 0 aliphatic rings. The molecule has 0 unspecified atom stereocenters. The summed E-state index contributed by atoms with van der Waals surface area (Å²) in [5, 5.41) is 12.5. The number of nitrogens with one attached hydrogen (secondary N) is 1. The summed E-state index contributed by atoms with van der Waals surface area (Å²) in [6.45, 7) is 6.38. The van der Waals surface area contributed by atoms with Gasteiger partial charge in [0.1, 0.15) is 5.75 Å². The van der Waals surface area contributed by atoms with E-state index in [4.69, 9.17) is 0 Å². The molecule has 2 N–H and O–H groups in total. The van der Waals surface area contributed by atoms with Crippen molar-refractivity contribution in [3.8, 4) is 5.75 Å². The average Bonchev–Trinajstić information content (AvgIpc) is 2.01. The number of rotatable bonds is 1. The maximum Gasteiger partial charge on any atom is 0.117 e. The second-order valence-electron chi connectivity index (χ2n) is 4.27. The van der Waals surface area contributed by atoms with Crippen LogP contribution in [0, 0.1) is 0 Å². The van der Waals surface area contributed by atoms with Gasteiger partial charge in [0.15, 0.2) is 0 Å². The standard InChI is InChI=1S/C11H17NO/c1-11(2,3)8-5-9(12-4)7-10(13)6-8/h5-7,12-13H,1-4H3. The van der Waals surface area contributed by atoms with Crippen molar-refractivity contribution < 1.29 is 5.11 Å². The fourth-order valence-corrected chi connectivity index (χ4v) is 1.19. The van der Waals surface area contributed by atoms with Crippen molar-refractivity contribution in [1.82, 2.24) is 0 Å². The molecule has 13 heavy (non-hydrogen) atoms. The van der Waals surface area contributed by atoms with Crippen LogP contribution in [0.4, 0.5) is 5.69 Å². The fourth-order valence-electron chi connectivity index (χ4n) is 1.19. The number of hydrogen-bond donors (Lipinski definition) is 2. The second-order valence-corrected chi connectivity index (χ2v) is 4.27. The van der Waals surface area contributed by atoms with E-state index in [1.807, 2.05) is 7.05 Å². The summed E-state index contributed by atoms with van der Waals surface area (Å²) in [4.78, 5) is 0. The van der Waals surface area contributed by atoms with Gasteiger partial charge in [0.25, 0.3) is 0 Å². The number of benzene rings is 1. The Labute approximate surface area is 79.6 Å². The summed E-state index contributed by atoms with van der Waals surface area (Å²) >= 11 is 0. The molecule has 1 rings (SSSR count). The van der Waals surface area contributed by atoms with E-state index in [0.717, 1.165) is 11.3 Å². The van der Waals surface area contributed by atoms with Gasteiger partial charge in [0.2, 0.25) is 0 Å². The Morgan fingerprint density at radius 2 is 1.77 bits per heavy atom.